The molecule has 196 valence electrons. The summed E-state index contributed by atoms with van der Waals surface area (Å²) in [5.41, 5.74) is 4.16. The highest BCUT2D eigenvalue weighted by Crippen LogP contribution is 2.31. The number of hydrogen-bond acceptors (Lipinski definition) is 2. The third-order valence-electron chi connectivity index (χ3n) is 8.53. The molecule has 3 atom stereocenters. The van der Waals surface area contributed by atoms with Gasteiger partial charge in [-0.15, -0.1) is 0 Å². The van der Waals surface area contributed by atoms with E-state index < -0.39 is 0 Å². The van der Waals surface area contributed by atoms with E-state index in [0.717, 1.165) is 19.6 Å². The molecular formula is C38H34N2. The standard InChI is InChI=1S/C38H34N2/c1-2-12-27(13-3-1)38(40-25-37-34-20-10-6-16-30(34)23-31-17-7-11-21-35(31)37)26-39-24-36-32-18-8-4-14-28(32)22-29-15-5-9-19-33(29)36/h1-23,30,34,38-40H,24-26H2/t30?,34?,38-/m1/s1. The average Bonchev–Trinajstić information content (AvgIpc) is 3.02. The summed E-state index contributed by atoms with van der Waals surface area (Å²) in [5, 5.41) is 15.8. The predicted octanol–water partition coefficient (Wildman–Crippen LogP) is 6.42. The fourth-order valence-electron chi connectivity index (χ4n) is 6.53. The normalized spacial score (nSPS) is 18.4. The van der Waals surface area contributed by atoms with Gasteiger partial charge in [-0.2, -0.15) is 0 Å². The quantitative estimate of drug-likeness (QED) is 0.232. The molecule has 40 heavy (non-hydrogen) atoms. The summed E-state index contributed by atoms with van der Waals surface area (Å²) < 4.78 is 0. The Morgan fingerprint density at radius 3 is 2.12 bits per heavy atom. The Labute approximate surface area is 236 Å². The average molecular weight is 519 g/mol. The summed E-state index contributed by atoms with van der Waals surface area (Å²) in [7, 11) is 0. The predicted molar refractivity (Wildman–Crippen MR) is 169 cm³/mol. The van der Waals surface area contributed by atoms with Gasteiger partial charge in [-0.3, -0.25) is 0 Å². The van der Waals surface area contributed by atoms with Gasteiger partial charge in [-0.1, -0.05) is 134 Å². The maximum atomic E-state index is 3.97. The number of fused-ring (bicyclic) bond motifs is 4. The number of rotatable bonds is 8. The molecule has 0 spiro atoms. The molecule has 0 amide bonds. The van der Waals surface area contributed by atoms with E-state index in [-0.39, 0.29) is 6.04 Å². The number of allylic oxidation sites excluding steroid dienone is 4. The van der Waals surface area contributed by atoms with E-state index in [9.17, 15) is 0 Å². The fourth-order valence-corrected chi connectivity index (χ4v) is 6.53. The van der Waals surface area contributed by atoms with Crippen LogP contribution < -0.4 is 21.1 Å². The lowest BCUT2D eigenvalue weighted by atomic mass is 9.78. The molecule has 0 radical (unpaired) electrons. The summed E-state index contributed by atoms with van der Waals surface area (Å²) in [6, 6.07) is 39.7. The van der Waals surface area contributed by atoms with Gasteiger partial charge in [-0.05, 0) is 54.7 Å². The van der Waals surface area contributed by atoms with Crippen molar-refractivity contribution in [2.75, 3.05) is 13.1 Å². The summed E-state index contributed by atoms with van der Waals surface area (Å²) in [4.78, 5) is 0. The van der Waals surface area contributed by atoms with E-state index in [1.807, 2.05) is 0 Å². The molecule has 5 aromatic carbocycles. The summed E-state index contributed by atoms with van der Waals surface area (Å²) >= 11 is 0. The lowest BCUT2D eigenvalue weighted by Crippen LogP contribution is -2.41. The van der Waals surface area contributed by atoms with E-state index in [0.29, 0.717) is 11.8 Å². The highest BCUT2D eigenvalue weighted by atomic mass is 15.0. The number of benzene rings is 5. The first kappa shape index (κ1) is 24.8. The second kappa shape index (κ2) is 11.1. The molecule has 2 aliphatic rings. The number of nitrogens with one attached hydrogen (secondary N) is 2. The molecule has 7 rings (SSSR count). The second-order valence-electron chi connectivity index (χ2n) is 10.9. The second-order valence-corrected chi connectivity index (χ2v) is 10.9. The first-order valence-corrected chi connectivity index (χ1v) is 14.4. The van der Waals surface area contributed by atoms with Crippen LogP contribution >= 0.6 is 0 Å². The van der Waals surface area contributed by atoms with Gasteiger partial charge >= 0.3 is 0 Å². The maximum absolute atomic E-state index is 3.97. The Hall–Kier alpha value is -4.24. The topological polar surface area (TPSA) is 24.1 Å². The molecule has 0 aromatic heterocycles. The van der Waals surface area contributed by atoms with E-state index in [4.69, 9.17) is 0 Å². The minimum Gasteiger partial charge on any atom is -0.311 e. The van der Waals surface area contributed by atoms with Gasteiger partial charge in [-0.25, -0.2) is 0 Å². The zero-order chi connectivity index (χ0) is 26.7. The van der Waals surface area contributed by atoms with E-state index in [2.05, 4.69) is 150 Å². The first-order chi connectivity index (χ1) is 19.8. The lowest BCUT2D eigenvalue weighted by Gasteiger charge is -2.30. The monoisotopic (exact) mass is 518 g/mol. The van der Waals surface area contributed by atoms with Gasteiger partial charge in [0.05, 0.1) is 0 Å². The molecule has 0 heterocycles. The van der Waals surface area contributed by atoms with Crippen molar-refractivity contribution in [3.05, 3.63) is 155 Å². The van der Waals surface area contributed by atoms with Crippen LogP contribution in [0.1, 0.15) is 17.2 Å². The SMILES string of the molecule is C1=CC2C=c3ccccc3=C(CN[C@H](CNCc3c4ccccc4cc4ccccc34)c3ccccc3)C2C=C1. The molecule has 2 unspecified atom stereocenters. The van der Waals surface area contributed by atoms with Crippen LogP contribution in [0.2, 0.25) is 0 Å². The Morgan fingerprint density at radius 2 is 1.32 bits per heavy atom. The molecule has 0 fully saturated rings. The maximum Gasteiger partial charge on any atom is 0.0449 e. The zero-order valence-electron chi connectivity index (χ0n) is 22.6. The van der Waals surface area contributed by atoms with Gasteiger partial charge in [0.15, 0.2) is 0 Å². The Balaban J connectivity index is 1.17. The van der Waals surface area contributed by atoms with Crippen molar-refractivity contribution in [1.29, 1.82) is 0 Å². The molecule has 2 N–H and O–H groups in total. The van der Waals surface area contributed by atoms with Crippen LogP contribution in [0, 0.1) is 11.8 Å². The first-order valence-electron chi connectivity index (χ1n) is 14.4. The van der Waals surface area contributed by atoms with Crippen LogP contribution in [0.15, 0.2) is 133 Å². The summed E-state index contributed by atoms with van der Waals surface area (Å²) in [5.74, 6) is 0.823. The van der Waals surface area contributed by atoms with Gasteiger partial charge in [0.2, 0.25) is 0 Å². The molecule has 5 aromatic rings. The summed E-state index contributed by atoms with van der Waals surface area (Å²) in [6.07, 6.45) is 11.5. The van der Waals surface area contributed by atoms with Gasteiger partial charge in [0.25, 0.3) is 0 Å². The van der Waals surface area contributed by atoms with E-state index in [1.54, 1.807) is 0 Å². The Morgan fingerprint density at radius 1 is 0.650 bits per heavy atom. The van der Waals surface area contributed by atoms with Crippen molar-refractivity contribution in [3.63, 3.8) is 0 Å². The molecule has 0 bridgehead atoms. The molecule has 2 aliphatic carbocycles. The molecule has 0 aliphatic heterocycles. The lowest BCUT2D eigenvalue weighted by molar-refractivity contribution is 0.506. The van der Waals surface area contributed by atoms with Crippen molar-refractivity contribution >= 4 is 33.2 Å². The molecular weight excluding hydrogens is 484 g/mol. The minimum absolute atomic E-state index is 0.189. The van der Waals surface area contributed by atoms with Crippen molar-refractivity contribution in [1.82, 2.24) is 10.6 Å². The summed E-state index contributed by atoms with van der Waals surface area (Å²) in [6.45, 7) is 2.51. The third kappa shape index (κ3) is 4.81. The van der Waals surface area contributed by atoms with Crippen LogP contribution in [0.5, 0.6) is 0 Å². The van der Waals surface area contributed by atoms with Crippen LogP contribution in [-0.2, 0) is 6.54 Å². The van der Waals surface area contributed by atoms with Crippen molar-refractivity contribution in [2.45, 2.75) is 12.6 Å². The van der Waals surface area contributed by atoms with Gasteiger partial charge in [0.1, 0.15) is 0 Å². The van der Waals surface area contributed by atoms with Crippen molar-refractivity contribution in [2.24, 2.45) is 11.8 Å². The molecule has 0 saturated heterocycles. The minimum atomic E-state index is 0.189. The Kier molecular flexibility index (Phi) is 6.87. The van der Waals surface area contributed by atoms with E-state index in [1.165, 1.54) is 48.7 Å². The van der Waals surface area contributed by atoms with Crippen LogP contribution in [0.4, 0.5) is 0 Å². The van der Waals surface area contributed by atoms with Crippen LogP contribution in [0.3, 0.4) is 0 Å². The van der Waals surface area contributed by atoms with Crippen LogP contribution in [0.25, 0.3) is 33.2 Å². The van der Waals surface area contributed by atoms with E-state index >= 15 is 0 Å². The number of hydrogen-bond donors (Lipinski definition) is 2. The van der Waals surface area contributed by atoms with Crippen molar-refractivity contribution in [3.8, 4) is 0 Å². The van der Waals surface area contributed by atoms with Gasteiger partial charge in [0, 0.05) is 37.5 Å². The smallest absolute Gasteiger partial charge is 0.0449 e. The molecule has 2 heteroatoms. The highest BCUT2D eigenvalue weighted by Gasteiger charge is 2.25. The third-order valence-corrected chi connectivity index (χ3v) is 8.53. The molecule has 0 saturated carbocycles. The highest BCUT2D eigenvalue weighted by molar-refractivity contribution is 6.02. The Bertz CT molecular complexity index is 1790. The largest absolute Gasteiger partial charge is 0.311 e. The van der Waals surface area contributed by atoms with Gasteiger partial charge < -0.3 is 10.6 Å². The van der Waals surface area contributed by atoms with Crippen molar-refractivity contribution < 1.29 is 0 Å². The fraction of sp³-hybridized carbons (Fsp3) is 0.158. The van der Waals surface area contributed by atoms with Crippen LogP contribution in [-0.4, -0.2) is 13.1 Å². The zero-order valence-corrected chi connectivity index (χ0v) is 22.6. The molecule has 2 nitrogen and oxygen atoms in total.